The molecule has 19 heavy (non-hydrogen) atoms. The molecule has 0 aliphatic carbocycles. The van der Waals surface area contributed by atoms with Gasteiger partial charge in [-0.25, -0.2) is 0 Å². The Morgan fingerprint density at radius 2 is 1.89 bits per heavy atom. The summed E-state index contributed by atoms with van der Waals surface area (Å²) in [6.45, 7) is 9.67. The molecule has 2 fully saturated rings. The van der Waals surface area contributed by atoms with Crippen molar-refractivity contribution >= 4 is 5.91 Å². The van der Waals surface area contributed by atoms with E-state index in [0.717, 1.165) is 52.2 Å². The molecule has 2 atom stereocenters. The molecule has 2 saturated heterocycles. The summed E-state index contributed by atoms with van der Waals surface area (Å²) >= 11 is 0. The van der Waals surface area contributed by atoms with E-state index in [0.29, 0.717) is 5.92 Å². The molecule has 0 radical (unpaired) electrons. The molecule has 2 N–H and O–H groups in total. The fourth-order valence-electron chi connectivity index (χ4n) is 2.91. The van der Waals surface area contributed by atoms with E-state index in [9.17, 15) is 4.79 Å². The third-order valence-corrected chi connectivity index (χ3v) is 4.42. The lowest BCUT2D eigenvalue weighted by molar-refractivity contribution is -0.127. The van der Waals surface area contributed by atoms with Crippen LogP contribution in [0.25, 0.3) is 0 Å². The highest BCUT2D eigenvalue weighted by Gasteiger charge is 2.26. The largest absolute Gasteiger partial charge is 0.381 e. The minimum Gasteiger partial charge on any atom is -0.381 e. The van der Waals surface area contributed by atoms with Gasteiger partial charge in [-0.2, -0.15) is 0 Å². The summed E-state index contributed by atoms with van der Waals surface area (Å²) in [5.74, 6) is 0.730. The summed E-state index contributed by atoms with van der Waals surface area (Å²) in [7, 11) is 0. The zero-order valence-electron chi connectivity index (χ0n) is 12.2. The molecule has 5 nitrogen and oxygen atoms in total. The Morgan fingerprint density at radius 1 is 1.26 bits per heavy atom. The molecular weight excluding hydrogens is 242 g/mol. The van der Waals surface area contributed by atoms with Crippen molar-refractivity contribution in [2.75, 3.05) is 39.4 Å². The fraction of sp³-hybridized carbons (Fsp3) is 0.929. The van der Waals surface area contributed by atoms with Crippen LogP contribution in [0.1, 0.15) is 26.7 Å². The van der Waals surface area contributed by atoms with Crippen molar-refractivity contribution in [3.63, 3.8) is 0 Å². The minimum atomic E-state index is -0.0237. The first-order valence-electron chi connectivity index (χ1n) is 7.51. The zero-order chi connectivity index (χ0) is 13.7. The zero-order valence-corrected chi connectivity index (χ0v) is 12.2. The number of hydrogen-bond acceptors (Lipinski definition) is 4. The number of carbonyl (C=O) groups is 1. The number of rotatable bonds is 4. The molecule has 2 rings (SSSR count). The second-order valence-corrected chi connectivity index (χ2v) is 5.71. The second-order valence-electron chi connectivity index (χ2n) is 5.71. The van der Waals surface area contributed by atoms with Crippen molar-refractivity contribution in [2.24, 2.45) is 5.92 Å². The van der Waals surface area contributed by atoms with Gasteiger partial charge >= 0.3 is 0 Å². The molecule has 2 aliphatic heterocycles. The van der Waals surface area contributed by atoms with Gasteiger partial charge in [0.1, 0.15) is 0 Å². The van der Waals surface area contributed by atoms with Gasteiger partial charge in [0.15, 0.2) is 0 Å². The van der Waals surface area contributed by atoms with E-state index in [1.807, 2.05) is 6.92 Å². The van der Waals surface area contributed by atoms with Gasteiger partial charge in [0.2, 0.25) is 5.91 Å². The maximum atomic E-state index is 12.3. The van der Waals surface area contributed by atoms with E-state index in [4.69, 9.17) is 4.74 Å². The van der Waals surface area contributed by atoms with Crippen LogP contribution in [0.5, 0.6) is 0 Å². The minimum absolute atomic E-state index is 0.0237. The molecule has 0 aromatic carbocycles. The summed E-state index contributed by atoms with van der Waals surface area (Å²) in [6.07, 6.45) is 2.12. The third kappa shape index (κ3) is 4.16. The number of piperazine rings is 1. The molecule has 0 aromatic rings. The maximum Gasteiger partial charge on any atom is 0.237 e. The van der Waals surface area contributed by atoms with Crippen molar-refractivity contribution in [3.05, 3.63) is 0 Å². The fourth-order valence-corrected chi connectivity index (χ4v) is 2.91. The molecule has 0 bridgehead atoms. The topological polar surface area (TPSA) is 53.6 Å². The predicted molar refractivity (Wildman–Crippen MR) is 75.1 cm³/mol. The monoisotopic (exact) mass is 269 g/mol. The van der Waals surface area contributed by atoms with Gasteiger partial charge in [-0.15, -0.1) is 0 Å². The van der Waals surface area contributed by atoms with Crippen LogP contribution < -0.4 is 10.6 Å². The van der Waals surface area contributed by atoms with Gasteiger partial charge in [-0.05, 0) is 32.6 Å². The number of ether oxygens (including phenoxy) is 1. The SMILES string of the molecule is CC(NC(=O)C(C)N1CCNCC1)C1CCOCC1. The number of carbonyl (C=O) groups excluding carboxylic acids is 1. The van der Waals surface area contributed by atoms with Crippen LogP contribution in [0, 0.1) is 5.92 Å². The van der Waals surface area contributed by atoms with E-state index in [-0.39, 0.29) is 18.0 Å². The van der Waals surface area contributed by atoms with E-state index in [2.05, 4.69) is 22.5 Å². The van der Waals surface area contributed by atoms with Crippen molar-refractivity contribution in [2.45, 2.75) is 38.8 Å². The molecule has 110 valence electrons. The van der Waals surface area contributed by atoms with Gasteiger partial charge in [0.05, 0.1) is 6.04 Å². The Labute approximate surface area is 116 Å². The lowest BCUT2D eigenvalue weighted by atomic mass is 9.93. The Kier molecular flexibility index (Phi) is 5.60. The number of nitrogens with zero attached hydrogens (tertiary/aromatic N) is 1. The Balaban J connectivity index is 1.78. The normalized spacial score (nSPS) is 25.8. The van der Waals surface area contributed by atoms with Crippen LogP contribution in [0.2, 0.25) is 0 Å². The molecule has 1 amide bonds. The van der Waals surface area contributed by atoms with Crippen LogP contribution in [0.3, 0.4) is 0 Å². The van der Waals surface area contributed by atoms with Crippen molar-refractivity contribution in [1.29, 1.82) is 0 Å². The Morgan fingerprint density at radius 3 is 2.53 bits per heavy atom. The van der Waals surface area contributed by atoms with Crippen LogP contribution in [-0.4, -0.2) is 62.3 Å². The summed E-state index contributed by atoms with van der Waals surface area (Å²) < 4.78 is 5.37. The van der Waals surface area contributed by atoms with Gasteiger partial charge in [-0.1, -0.05) is 0 Å². The lowest BCUT2D eigenvalue weighted by Crippen LogP contribution is -2.54. The summed E-state index contributed by atoms with van der Waals surface area (Å²) in [5, 5.41) is 6.50. The standard InChI is InChI=1S/C14H27N3O2/c1-11(13-3-9-19-10-4-13)16-14(18)12(2)17-7-5-15-6-8-17/h11-13,15H,3-10H2,1-2H3,(H,16,18). The highest BCUT2D eigenvalue weighted by Crippen LogP contribution is 2.18. The smallest absolute Gasteiger partial charge is 0.237 e. The second kappa shape index (κ2) is 7.22. The summed E-state index contributed by atoms with van der Waals surface area (Å²) in [6, 6.07) is 0.228. The molecule has 0 aromatic heterocycles. The van der Waals surface area contributed by atoms with Gasteiger partial charge in [0.25, 0.3) is 0 Å². The van der Waals surface area contributed by atoms with Crippen LogP contribution in [0.15, 0.2) is 0 Å². The lowest BCUT2D eigenvalue weighted by Gasteiger charge is -2.34. The molecule has 2 aliphatic rings. The summed E-state index contributed by atoms with van der Waals surface area (Å²) in [4.78, 5) is 14.5. The van der Waals surface area contributed by atoms with E-state index in [1.54, 1.807) is 0 Å². The first-order chi connectivity index (χ1) is 9.18. The first kappa shape index (κ1) is 14.8. The quantitative estimate of drug-likeness (QED) is 0.766. The van der Waals surface area contributed by atoms with Gasteiger partial charge in [0, 0.05) is 45.4 Å². The van der Waals surface area contributed by atoms with Crippen molar-refractivity contribution in [3.8, 4) is 0 Å². The van der Waals surface area contributed by atoms with Gasteiger partial charge in [-0.3, -0.25) is 9.69 Å². The average Bonchev–Trinajstić information content (AvgIpc) is 2.48. The Bertz CT molecular complexity index is 286. The van der Waals surface area contributed by atoms with Crippen LogP contribution >= 0.6 is 0 Å². The highest BCUT2D eigenvalue weighted by atomic mass is 16.5. The van der Waals surface area contributed by atoms with E-state index < -0.39 is 0 Å². The first-order valence-corrected chi connectivity index (χ1v) is 7.51. The third-order valence-electron chi connectivity index (χ3n) is 4.42. The van der Waals surface area contributed by atoms with Gasteiger partial charge < -0.3 is 15.4 Å². The molecule has 0 spiro atoms. The molecular formula is C14H27N3O2. The molecule has 0 saturated carbocycles. The highest BCUT2D eigenvalue weighted by molar-refractivity contribution is 5.81. The molecule has 2 unspecified atom stereocenters. The number of amides is 1. The number of hydrogen-bond donors (Lipinski definition) is 2. The van der Waals surface area contributed by atoms with E-state index >= 15 is 0 Å². The number of nitrogens with one attached hydrogen (secondary N) is 2. The predicted octanol–water partition coefficient (Wildman–Crippen LogP) is 0.211. The average molecular weight is 269 g/mol. The summed E-state index contributed by atoms with van der Waals surface area (Å²) in [5.41, 5.74) is 0. The Hall–Kier alpha value is -0.650. The molecule has 2 heterocycles. The van der Waals surface area contributed by atoms with Crippen molar-refractivity contribution in [1.82, 2.24) is 15.5 Å². The van der Waals surface area contributed by atoms with Crippen LogP contribution in [0.4, 0.5) is 0 Å². The van der Waals surface area contributed by atoms with E-state index in [1.165, 1.54) is 0 Å². The molecule has 5 heteroatoms. The van der Waals surface area contributed by atoms with Crippen LogP contribution in [-0.2, 0) is 9.53 Å². The maximum absolute atomic E-state index is 12.3. The van der Waals surface area contributed by atoms with Crippen molar-refractivity contribution < 1.29 is 9.53 Å².